The minimum absolute atomic E-state index is 0.652. The normalized spacial score (nSPS) is 10.5. The molecule has 2 aromatic rings. The maximum absolute atomic E-state index is 5.57. The molecule has 0 bridgehead atoms. The first-order valence-electron chi connectivity index (χ1n) is 4.68. The monoisotopic (exact) mass is 282 g/mol. The molecular formula is C11H11BrN2S. The summed E-state index contributed by atoms with van der Waals surface area (Å²) in [5.41, 5.74) is 7.97. The number of nitrogens with zero attached hydrogens (tertiary/aromatic N) is 1. The first-order chi connectivity index (χ1) is 7.24. The van der Waals surface area contributed by atoms with Gasteiger partial charge in [-0.2, -0.15) is 0 Å². The highest BCUT2D eigenvalue weighted by Crippen LogP contribution is 2.16. The molecule has 0 spiro atoms. The van der Waals surface area contributed by atoms with Crippen molar-refractivity contribution in [3.63, 3.8) is 0 Å². The zero-order valence-corrected chi connectivity index (χ0v) is 10.5. The fraction of sp³-hybridized carbons (Fsp3) is 0.182. The Bertz CT molecular complexity index is 453. The van der Waals surface area contributed by atoms with Crippen molar-refractivity contribution in [1.29, 1.82) is 0 Å². The van der Waals surface area contributed by atoms with Gasteiger partial charge < -0.3 is 5.73 Å². The number of benzene rings is 1. The molecular weight excluding hydrogens is 272 g/mol. The number of thiazole rings is 1. The minimum Gasteiger partial charge on any atom is -0.375 e. The van der Waals surface area contributed by atoms with E-state index in [1.807, 2.05) is 11.4 Å². The van der Waals surface area contributed by atoms with Crippen LogP contribution in [0.5, 0.6) is 0 Å². The van der Waals surface area contributed by atoms with Crippen molar-refractivity contribution >= 4 is 32.4 Å². The van der Waals surface area contributed by atoms with Gasteiger partial charge >= 0.3 is 0 Å². The van der Waals surface area contributed by atoms with Crippen molar-refractivity contribution in [3.05, 3.63) is 45.4 Å². The Morgan fingerprint density at radius 2 is 2.20 bits per heavy atom. The van der Waals surface area contributed by atoms with Crippen molar-refractivity contribution in [2.24, 2.45) is 0 Å². The summed E-state index contributed by atoms with van der Waals surface area (Å²) in [6, 6.07) is 8.34. The van der Waals surface area contributed by atoms with Gasteiger partial charge in [0.15, 0.2) is 5.13 Å². The zero-order valence-electron chi connectivity index (χ0n) is 8.11. The van der Waals surface area contributed by atoms with Crippen LogP contribution in [-0.2, 0) is 12.8 Å². The molecule has 1 heterocycles. The van der Waals surface area contributed by atoms with Crippen LogP contribution in [0.2, 0.25) is 0 Å². The molecule has 2 rings (SSSR count). The van der Waals surface area contributed by atoms with Crippen LogP contribution in [-0.4, -0.2) is 4.98 Å². The van der Waals surface area contributed by atoms with E-state index >= 15 is 0 Å². The lowest BCUT2D eigenvalue weighted by atomic mass is 10.1. The summed E-state index contributed by atoms with van der Waals surface area (Å²) in [4.78, 5) is 4.23. The van der Waals surface area contributed by atoms with Crippen LogP contribution in [0, 0.1) is 0 Å². The lowest BCUT2D eigenvalue weighted by Gasteiger charge is -1.99. The van der Waals surface area contributed by atoms with Crippen molar-refractivity contribution in [2.45, 2.75) is 12.8 Å². The van der Waals surface area contributed by atoms with Crippen LogP contribution in [0.3, 0.4) is 0 Å². The van der Waals surface area contributed by atoms with Gasteiger partial charge in [-0.3, -0.25) is 0 Å². The second-order valence-electron chi connectivity index (χ2n) is 3.31. The van der Waals surface area contributed by atoms with Crippen LogP contribution in [0.4, 0.5) is 5.13 Å². The molecule has 78 valence electrons. The summed E-state index contributed by atoms with van der Waals surface area (Å²) in [6.07, 6.45) is 1.95. The maximum atomic E-state index is 5.57. The molecule has 0 saturated carbocycles. The van der Waals surface area contributed by atoms with Crippen molar-refractivity contribution in [1.82, 2.24) is 4.98 Å². The Kier molecular flexibility index (Phi) is 3.38. The van der Waals surface area contributed by atoms with E-state index in [-0.39, 0.29) is 0 Å². The van der Waals surface area contributed by atoms with Gasteiger partial charge in [0.05, 0.1) is 5.69 Å². The first-order valence-corrected chi connectivity index (χ1v) is 6.35. The Hall–Kier alpha value is -0.870. The summed E-state index contributed by atoms with van der Waals surface area (Å²) < 4.78 is 1.12. The molecule has 0 unspecified atom stereocenters. The summed E-state index contributed by atoms with van der Waals surface area (Å²) >= 11 is 4.96. The predicted octanol–water partition coefficient (Wildman–Crippen LogP) is 3.27. The van der Waals surface area contributed by atoms with E-state index in [4.69, 9.17) is 5.73 Å². The highest BCUT2D eigenvalue weighted by Gasteiger charge is 2.00. The molecule has 0 radical (unpaired) electrons. The van der Waals surface area contributed by atoms with E-state index in [1.54, 1.807) is 0 Å². The van der Waals surface area contributed by atoms with E-state index < -0.39 is 0 Å². The average molecular weight is 283 g/mol. The number of nitrogen functional groups attached to an aromatic ring is 1. The third-order valence-corrected chi connectivity index (χ3v) is 3.34. The number of nitrogens with two attached hydrogens (primary N) is 1. The number of hydrogen-bond acceptors (Lipinski definition) is 3. The summed E-state index contributed by atoms with van der Waals surface area (Å²) in [6.45, 7) is 0. The second-order valence-corrected chi connectivity index (χ2v) is 5.11. The number of aryl methyl sites for hydroxylation is 2. The molecule has 1 aromatic heterocycles. The fourth-order valence-electron chi connectivity index (χ4n) is 1.40. The van der Waals surface area contributed by atoms with Crippen LogP contribution in [0.1, 0.15) is 11.3 Å². The zero-order chi connectivity index (χ0) is 10.7. The van der Waals surface area contributed by atoms with Gasteiger partial charge in [0, 0.05) is 9.85 Å². The van der Waals surface area contributed by atoms with Gasteiger partial charge in [0.25, 0.3) is 0 Å². The number of aromatic nitrogens is 1. The second kappa shape index (κ2) is 4.77. The number of hydrogen-bond donors (Lipinski definition) is 1. The van der Waals surface area contributed by atoms with Crippen LogP contribution < -0.4 is 5.73 Å². The number of anilines is 1. The smallest absolute Gasteiger partial charge is 0.180 e. The number of halogens is 1. The lowest BCUT2D eigenvalue weighted by Crippen LogP contribution is -1.92. The van der Waals surface area contributed by atoms with Gasteiger partial charge in [0.1, 0.15) is 0 Å². The van der Waals surface area contributed by atoms with Crippen LogP contribution >= 0.6 is 27.3 Å². The van der Waals surface area contributed by atoms with E-state index in [0.717, 1.165) is 23.0 Å². The van der Waals surface area contributed by atoms with Crippen LogP contribution in [0.15, 0.2) is 34.1 Å². The highest BCUT2D eigenvalue weighted by atomic mass is 79.9. The van der Waals surface area contributed by atoms with Gasteiger partial charge in [-0.05, 0) is 30.5 Å². The highest BCUT2D eigenvalue weighted by molar-refractivity contribution is 9.10. The summed E-state index contributed by atoms with van der Waals surface area (Å²) in [5, 5.41) is 2.67. The largest absolute Gasteiger partial charge is 0.375 e. The molecule has 0 amide bonds. The molecule has 0 aliphatic heterocycles. The molecule has 0 aliphatic rings. The quantitative estimate of drug-likeness (QED) is 0.939. The van der Waals surface area contributed by atoms with E-state index in [0.29, 0.717) is 5.13 Å². The molecule has 1 aromatic carbocycles. The Labute approximate surface area is 101 Å². The molecule has 2 nitrogen and oxygen atoms in total. The van der Waals surface area contributed by atoms with Gasteiger partial charge in [-0.15, -0.1) is 11.3 Å². The van der Waals surface area contributed by atoms with Crippen molar-refractivity contribution < 1.29 is 0 Å². The molecule has 15 heavy (non-hydrogen) atoms. The Balaban J connectivity index is 1.99. The Morgan fingerprint density at radius 1 is 1.33 bits per heavy atom. The molecule has 0 fully saturated rings. The maximum Gasteiger partial charge on any atom is 0.180 e. The molecule has 2 N–H and O–H groups in total. The predicted molar refractivity (Wildman–Crippen MR) is 68.1 cm³/mol. The molecule has 4 heteroatoms. The van der Waals surface area contributed by atoms with Gasteiger partial charge in [0.2, 0.25) is 0 Å². The third kappa shape index (κ3) is 3.04. The van der Waals surface area contributed by atoms with Crippen molar-refractivity contribution in [2.75, 3.05) is 5.73 Å². The topological polar surface area (TPSA) is 38.9 Å². The minimum atomic E-state index is 0.652. The van der Waals surface area contributed by atoms with E-state index in [2.05, 4.69) is 39.1 Å². The van der Waals surface area contributed by atoms with E-state index in [9.17, 15) is 0 Å². The fourth-order valence-corrected chi connectivity index (χ4v) is 2.45. The summed E-state index contributed by atoms with van der Waals surface area (Å²) in [5.74, 6) is 0. The third-order valence-electron chi connectivity index (χ3n) is 2.13. The van der Waals surface area contributed by atoms with Crippen LogP contribution in [0.25, 0.3) is 0 Å². The average Bonchev–Trinajstić information content (AvgIpc) is 2.62. The Morgan fingerprint density at radius 3 is 2.87 bits per heavy atom. The standard InChI is InChI=1S/C11H11BrN2S/c12-9-3-1-2-8(6-9)4-5-10-7-15-11(13)14-10/h1-3,6-7H,4-5H2,(H2,13,14). The molecule has 0 aliphatic carbocycles. The lowest BCUT2D eigenvalue weighted by molar-refractivity contribution is 0.927. The SMILES string of the molecule is Nc1nc(CCc2cccc(Br)c2)cs1. The number of rotatable bonds is 3. The van der Waals surface area contributed by atoms with Gasteiger partial charge in [-0.25, -0.2) is 4.98 Å². The first kappa shape index (κ1) is 10.6. The van der Waals surface area contributed by atoms with Crippen molar-refractivity contribution in [3.8, 4) is 0 Å². The molecule has 0 saturated heterocycles. The summed E-state index contributed by atoms with van der Waals surface area (Å²) in [7, 11) is 0. The van der Waals surface area contributed by atoms with Gasteiger partial charge in [-0.1, -0.05) is 28.1 Å². The molecule has 0 atom stereocenters. The van der Waals surface area contributed by atoms with E-state index in [1.165, 1.54) is 16.9 Å².